The van der Waals surface area contributed by atoms with E-state index in [1.807, 2.05) is 6.07 Å². The molecule has 2 rings (SSSR count). The SMILES string of the molecule is O=C(NCCc1ccc(Cl)cc1Cl)c1ccccn1. The molecule has 0 aliphatic carbocycles. The lowest BCUT2D eigenvalue weighted by Crippen LogP contribution is -2.26. The van der Waals surface area contributed by atoms with E-state index in [1.54, 1.807) is 36.5 Å². The normalized spacial score (nSPS) is 10.2. The van der Waals surface area contributed by atoms with E-state index in [0.29, 0.717) is 28.7 Å². The summed E-state index contributed by atoms with van der Waals surface area (Å²) in [6.07, 6.45) is 2.24. The molecule has 1 aromatic heterocycles. The summed E-state index contributed by atoms with van der Waals surface area (Å²) in [5.41, 5.74) is 1.36. The molecule has 0 saturated carbocycles. The molecule has 19 heavy (non-hydrogen) atoms. The van der Waals surface area contributed by atoms with Crippen molar-refractivity contribution in [1.82, 2.24) is 10.3 Å². The zero-order chi connectivity index (χ0) is 13.7. The molecule has 0 aliphatic rings. The van der Waals surface area contributed by atoms with Gasteiger partial charge >= 0.3 is 0 Å². The van der Waals surface area contributed by atoms with E-state index >= 15 is 0 Å². The zero-order valence-corrected chi connectivity index (χ0v) is 11.6. The van der Waals surface area contributed by atoms with Gasteiger partial charge in [-0.25, -0.2) is 0 Å². The molecule has 3 nitrogen and oxygen atoms in total. The van der Waals surface area contributed by atoms with E-state index in [1.165, 1.54) is 0 Å². The predicted octanol–water partition coefficient (Wildman–Crippen LogP) is 3.36. The van der Waals surface area contributed by atoms with Gasteiger partial charge in [-0.3, -0.25) is 9.78 Å². The lowest BCUT2D eigenvalue weighted by atomic mass is 10.1. The van der Waals surface area contributed by atoms with Gasteiger partial charge in [0.15, 0.2) is 0 Å². The Morgan fingerprint density at radius 3 is 2.74 bits per heavy atom. The van der Waals surface area contributed by atoms with Gasteiger partial charge in [0.2, 0.25) is 0 Å². The average Bonchev–Trinajstić information content (AvgIpc) is 2.42. The van der Waals surface area contributed by atoms with E-state index in [-0.39, 0.29) is 5.91 Å². The first-order chi connectivity index (χ1) is 9.16. The minimum Gasteiger partial charge on any atom is -0.350 e. The Morgan fingerprint density at radius 2 is 2.05 bits per heavy atom. The number of benzene rings is 1. The summed E-state index contributed by atoms with van der Waals surface area (Å²) in [4.78, 5) is 15.7. The van der Waals surface area contributed by atoms with E-state index in [4.69, 9.17) is 23.2 Å². The van der Waals surface area contributed by atoms with Gasteiger partial charge in [0.25, 0.3) is 5.91 Å². The fraction of sp³-hybridized carbons (Fsp3) is 0.143. The number of nitrogens with zero attached hydrogens (tertiary/aromatic N) is 1. The lowest BCUT2D eigenvalue weighted by Gasteiger charge is -2.06. The van der Waals surface area contributed by atoms with E-state index < -0.39 is 0 Å². The lowest BCUT2D eigenvalue weighted by molar-refractivity contribution is 0.0949. The number of pyridine rings is 1. The third-order valence-corrected chi connectivity index (χ3v) is 3.18. The summed E-state index contributed by atoms with van der Waals surface area (Å²) in [5.74, 6) is -0.189. The molecular formula is C14H12Cl2N2O. The number of halogens is 2. The van der Waals surface area contributed by atoms with Gasteiger partial charge in [-0.05, 0) is 36.2 Å². The minimum atomic E-state index is -0.189. The van der Waals surface area contributed by atoms with Gasteiger partial charge in [-0.15, -0.1) is 0 Å². The van der Waals surface area contributed by atoms with Crippen LogP contribution in [0.1, 0.15) is 16.1 Å². The molecule has 0 aliphatic heterocycles. The number of hydrogen-bond acceptors (Lipinski definition) is 2. The maximum absolute atomic E-state index is 11.7. The van der Waals surface area contributed by atoms with Crippen LogP contribution in [0.3, 0.4) is 0 Å². The second kappa shape index (κ2) is 6.55. The highest BCUT2D eigenvalue weighted by atomic mass is 35.5. The van der Waals surface area contributed by atoms with Gasteiger partial charge in [0.1, 0.15) is 5.69 Å². The molecule has 0 atom stereocenters. The number of carbonyl (C=O) groups is 1. The first kappa shape index (κ1) is 13.8. The number of nitrogens with one attached hydrogen (secondary N) is 1. The Balaban J connectivity index is 1.88. The standard InChI is InChI=1S/C14H12Cl2N2O/c15-11-5-4-10(12(16)9-11)6-8-18-14(19)13-3-1-2-7-17-13/h1-5,7,9H,6,8H2,(H,18,19). The molecule has 0 radical (unpaired) electrons. The van der Waals surface area contributed by atoms with Crippen LogP contribution in [0.5, 0.6) is 0 Å². The smallest absolute Gasteiger partial charge is 0.269 e. The topological polar surface area (TPSA) is 42.0 Å². The summed E-state index contributed by atoms with van der Waals surface area (Å²) in [7, 11) is 0. The van der Waals surface area contributed by atoms with Gasteiger partial charge in [0, 0.05) is 22.8 Å². The summed E-state index contributed by atoms with van der Waals surface area (Å²) in [6, 6.07) is 10.5. The fourth-order valence-electron chi connectivity index (χ4n) is 1.62. The quantitative estimate of drug-likeness (QED) is 0.939. The van der Waals surface area contributed by atoms with Gasteiger partial charge in [0.05, 0.1) is 0 Å². The molecule has 0 saturated heterocycles. The predicted molar refractivity (Wildman–Crippen MR) is 76.7 cm³/mol. The summed E-state index contributed by atoms with van der Waals surface area (Å²) >= 11 is 11.9. The molecule has 0 fully saturated rings. The van der Waals surface area contributed by atoms with Crippen molar-refractivity contribution in [2.24, 2.45) is 0 Å². The van der Waals surface area contributed by atoms with E-state index in [0.717, 1.165) is 5.56 Å². The molecule has 98 valence electrons. The number of amides is 1. The number of rotatable bonds is 4. The molecule has 1 amide bonds. The van der Waals surface area contributed by atoms with Crippen molar-refractivity contribution in [2.75, 3.05) is 6.54 Å². The average molecular weight is 295 g/mol. The van der Waals surface area contributed by atoms with E-state index in [9.17, 15) is 4.79 Å². The molecule has 0 spiro atoms. The van der Waals surface area contributed by atoms with Crippen LogP contribution in [0.2, 0.25) is 10.0 Å². The van der Waals surface area contributed by atoms with Crippen molar-refractivity contribution in [2.45, 2.75) is 6.42 Å². The summed E-state index contributed by atoms with van der Waals surface area (Å²) in [6.45, 7) is 0.497. The van der Waals surface area contributed by atoms with Crippen LogP contribution >= 0.6 is 23.2 Å². The largest absolute Gasteiger partial charge is 0.350 e. The van der Waals surface area contributed by atoms with Crippen LogP contribution in [-0.4, -0.2) is 17.4 Å². The van der Waals surface area contributed by atoms with Crippen LogP contribution in [0, 0.1) is 0 Å². The highest BCUT2D eigenvalue weighted by Crippen LogP contribution is 2.21. The number of carbonyl (C=O) groups excluding carboxylic acids is 1. The van der Waals surface area contributed by atoms with Crippen molar-refractivity contribution in [3.63, 3.8) is 0 Å². The van der Waals surface area contributed by atoms with E-state index in [2.05, 4.69) is 10.3 Å². The van der Waals surface area contributed by atoms with Crippen LogP contribution in [0.4, 0.5) is 0 Å². The summed E-state index contributed by atoms with van der Waals surface area (Å²) in [5, 5.41) is 4.01. The Labute approximate surface area is 121 Å². The van der Waals surface area contributed by atoms with Crippen molar-refractivity contribution in [1.29, 1.82) is 0 Å². The Hall–Kier alpha value is -1.58. The molecule has 1 N–H and O–H groups in total. The van der Waals surface area contributed by atoms with Gasteiger partial charge in [-0.1, -0.05) is 35.3 Å². The Bertz CT molecular complexity index is 573. The molecule has 2 aromatic rings. The molecule has 0 unspecified atom stereocenters. The van der Waals surface area contributed by atoms with Crippen LogP contribution < -0.4 is 5.32 Å². The second-order valence-corrected chi connectivity index (χ2v) is 4.80. The third-order valence-electron chi connectivity index (χ3n) is 2.59. The van der Waals surface area contributed by atoms with Crippen molar-refractivity contribution < 1.29 is 4.79 Å². The van der Waals surface area contributed by atoms with Gasteiger partial charge < -0.3 is 5.32 Å². The maximum atomic E-state index is 11.7. The zero-order valence-electron chi connectivity index (χ0n) is 10.1. The van der Waals surface area contributed by atoms with Crippen LogP contribution in [0.25, 0.3) is 0 Å². The highest BCUT2D eigenvalue weighted by Gasteiger charge is 2.06. The number of aromatic nitrogens is 1. The molecule has 1 heterocycles. The van der Waals surface area contributed by atoms with Gasteiger partial charge in [-0.2, -0.15) is 0 Å². The Morgan fingerprint density at radius 1 is 1.21 bits per heavy atom. The first-order valence-corrected chi connectivity index (χ1v) is 6.55. The van der Waals surface area contributed by atoms with Crippen LogP contribution in [0.15, 0.2) is 42.6 Å². The highest BCUT2D eigenvalue weighted by molar-refractivity contribution is 6.35. The summed E-state index contributed by atoms with van der Waals surface area (Å²) < 4.78 is 0. The maximum Gasteiger partial charge on any atom is 0.269 e. The third kappa shape index (κ3) is 3.94. The molecular weight excluding hydrogens is 283 g/mol. The van der Waals surface area contributed by atoms with Crippen molar-refractivity contribution in [3.05, 3.63) is 63.9 Å². The van der Waals surface area contributed by atoms with Crippen molar-refractivity contribution in [3.8, 4) is 0 Å². The monoisotopic (exact) mass is 294 g/mol. The number of hydrogen-bond donors (Lipinski definition) is 1. The van der Waals surface area contributed by atoms with Crippen molar-refractivity contribution >= 4 is 29.1 Å². The Kier molecular flexibility index (Phi) is 4.77. The molecule has 1 aromatic carbocycles. The molecule has 5 heteroatoms. The first-order valence-electron chi connectivity index (χ1n) is 5.80. The second-order valence-electron chi connectivity index (χ2n) is 3.96. The van der Waals surface area contributed by atoms with Crippen LogP contribution in [-0.2, 0) is 6.42 Å². The minimum absolute atomic E-state index is 0.189. The molecule has 0 bridgehead atoms. The fourth-order valence-corrected chi connectivity index (χ4v) is 2.13.